The van der Waals surface area contributed by atoms with Crippen LogP contribution in [0.2, 0.25) is 0 Å². The van der Waals surface area contributed by atoms with Gasteiger partial charge in [-0.25, -0.2) is 4.98 Å². The Balaban J connectivity index is 2.38. The van der Waals surface area contributed by atoms with Crippen LogP contribution >= 0.6 is 11.6 Å². The molecule has 0 bridgehead atoms. The van der Waals surface area contributed by atoms with Crippen molar-refractivity contribution in [3.05, 3.63) is 65.2 Å². The molecule has 0 spiro atoms. The van der Waals surface area contributed by atoms with Gasteiger partial charge < -0.3 is 0 Å². The van der Waals surface area contributed by atoms with Crippen LogP contribution in [0.25, 0.3) is 22.2 Å². The highest BCUT2D eigenvalue weighted by Crippen LogP contribution is 2.29. The minimum absolute atomic E-state index is 0.449. The molecule has 0 saturated heterocycles. The molecule has 0 aliphatic heterocycles. The van der Waals surface area contributed by atoms with Crippen molar-refractivity contribution in [1.29, 1.82) is 0 Å². The zero-order chi connectivity index (χ0) is 15.7. The molecule has 2 aromatic carbocycles. The van der Waals surface area contributed by atoms with Gasteiger partial charge >= 0.3 is 0 Å². The molecule has 2 nitrogen and oxygen atoms in total. The Bertz CT molecular complexity index is 870. The second-order valence-electron chi connectivity index (χ2n) is 5.31. The standard InChI is InChI=1S/C19H16ClNO/c1-3-13-8-6-10-15-16(19(20)22)11-17(21-18(13)15)14-9-5-4-7-12(14)2/h4-11H,3H2,1-2H3. The number of carbonyl (C=O) groups is 1. The first-order valence-electron chi connectivity index (χ1n) is 7.30. The molecule has 0 atom stereocenters. The average molecular weight is 310 g/mol. The molecule has 3 heteroatoms. The maximum atomic E-state index is 11.9. The lowest BCUT2D eigenvalue weighted by Gasteiger charge is -2.11. The predicted molar refractivity (Wildman–Crippen MR) is 91.5 cm³/mol. The fraction of sp³-hybridized carbons (Fsp3) is 0.158. The number of carbonyl (C=O) groups excluding carboxylic acids is 1. The molecule has 1 heterocycles. The number of nitrogens with zero attached hydrogens (tertiary/aromatic N) is 1. The summed E-state index contributed by atoms with van der Waals surface area (Å²) in [6.07, 6.45) is 0.859. The Labute approximate surface area is 134 Å². The zero-order valence-corrected chi connectivity index (χ0v) is 13.3. The van der Waals surface area contributed by atoms with E-state index in [1.54, 1.807) is 6.07 Å². The summed E-state index contributed by atoms with van der Waals surface area (Å²) in [4.78, 5) is 16.7. The van der Waals surface area contributed by atoms with Crippen molar-refractivity contribution in [3.8, 4) is 11.3 Å². The van der Waals surface area contributed by atoms with E-state index >= 15 is 0 Å². The summed E-state index contributed by atoms with van der Waals surface area (Å²) in [5.74, 6) is 0. The van der Waals surface area contributed by atoms with Crippen LogP contribution in [0.3, 0.4) is 0 Å². The van der Waals surface area contributed by atoms with Crippen molar-refractivity contribution in [2.75, 3.05) is 0 Å². The van der Waals surface area contributed by atoms with Gasteiger partial charge in [-0.2, -0.15) is 0 Å². The van der Waals surface area contributed by atoms with Crippen LogP contribution in [0.1, 0.15) is 28.4 Å². The Morgan fingerprint density at radius 2 is 1.91 bits per heavy atom. The fourth-order valence-corrected chi connectivity index (χ4v) is 2.91. The number of aromatic nitrogens is 1. The molecule has 1 aromatic heterocycles. The van der Waals surface area contributed by atoms with E-state index in [0.29, 0.717) is 5.56 Å². The van der Waals surface area contributed by atoms with Crippen LogP contribution < -0.4 is 0 Å². The summed E-state index contributed by atoms with van der Waals surface area (Å²) in [6, 6.07) is 15.7. The topological polar surface area (TPSA) is 30.0 Å². The summed E-state index contributed by atoms with van der Waals surface area (Å²) in [5.41, 5.74) is 5.42. The maximum Gasteiger partial charge on any atom is 0.253 e. The first-order valence-corrected chi connectivity index (χ1v) is 7.68. The van der Waals surface area contributed by atoms with Crippen LogP contribution in [-0.2, 0) is 6.42 Å². The van der Waals surface area contributed by atoms with Crippen molar-refractivity contribution in [3.63, 3.8) is 0 Å². The first-order chi connectivity index (χ1) is 10.6. The SMILES string of the molecule is CCc1cccc2c(C(=O)Cl)cc(-c3ccccc3C)nc12. The summed E-state index contributed by atoms with van der Waals surface area (Å²) in [6.45, 7) is 4.12. The second kappa shape index (κ2) is 5.90. The molecule has 3 rings (SSSR count). The number of benzene rings is 2. The Morgan fingerprint density at radius 3 is 2.59 bits per heavy atom. The summed E-state index contributed by atoms with van der Waals surface area (Å²) < 4.78 is 0. The van der Waals surface area contributed by atoms with Crippen molar-refractivity contribution in [1.82, 2.24) is 4.98 Å². The van der Waals surface area contributed by atoms with E-state index in [1.165, 1.54) is 0 Å². The van der Waals surface area contributed by atoms with E-state index in [-0.39, 0.29) is 0 Å². The summed E-state index contributed by atoms with van der Waals surface area (Å²) in [5, 5.41) is 0.368. The lowest BCUT2D eigenvalue weighted by atomic mass is 9.99. The predicted octanol–water partition coefficient (Wildman–Crippen LogP) is 5.15. The van der Waals surface area contributed by atoms with Crippen LogP contribution in [0, 0.1) is 6.92 Å². The number of para-hydroxylation sites is 1. The van der Waals surface area contributed by atoms with Gasteiger partial charge in [0.1, 0.15) is 0 Å². The van der Waals surface area contributed by atoms with Crippen LogP contribution in [0.4, 0.5) is 0 Å². The third kappa shape index (κ3) is 2.51. The molecule has 22 heavy (non-hydrogen) atoms. The van der Waals surface area contributed by atoms with Gasteiger partial charge in [-0.3, -0.25) is 4.79 Å². The van der Waals surface area contributed by atoms with E-state index < -0.39 is 5.24 Å². The molecule has 0 amide bonds. The molecule has 0 unspecified atom stereocenters. The molecule has 0 N–H and O–H groups in total. The molecular formula is C19H16ClNO. The van der Waals surface area contributed by atoms with Crippen LogP contribution in [0.5, 0.6) is 0 Å². The Morgan fingerprint density at radius 1 is 1.14 bits per heavy atom. The Hall–Kier alpha value is -2.19. The number of halogens is 1. The van der Waals surface area contributed by atoms with Crippen LogP contribution in [-0.4, -0.2) is 10.2 Å². The number of hydrogen-bond donors (Lipinski definition) is 0. The molecule has 0 aliphatic carbocycles. The number of aryl methyl sites for hydroxylation is 2. The molecule has 0 aliphatic rings. The van der Waals surface area contributed by atoms with Gasteiger partial charge in [-0.1, -0.05) is 49.4 Å². The van der Waals surface area contributed by atoms with Gasteiger partial charge in [0.2, 0.25) is 0 Å². The maximum absolute atomic E-state index is 11.9. The molecule has 0 fully saturated rings. The molecular weight excluding hydrogens is 294 g/mol. The minimum Gasteiger partial charge on any atom is -0.276 e. The number of rotatable bonds is 3. The minimum atomic E-state index is -0.449. The highest BCUT2D eigenvalue weighted by atomic mass is 35.5. The van der Waals surface area contributed by atoms with Crippen molar-refractivity contribution >= 4 is 27.7 Å². The normalized spacial score (nSPS) is 10.9. The smallest absolute Gasteiger partial charge is 0.253 e. The van der Waals surface area contributed by atoms with Gasteiger partial charge in [0.25, 0.3) is 5.24 Å². The fourth-order valence-electron chi connectivity index (χ4n) is 2.75. The van der Waals surface area contributed by atoms with E-state index in [2.05, 4.69) is 6.92 Å². The van der Waals surface area contributed by atoms with Gasteiger partial charge in [0.05, 0.1) is 11.2 Å². The van der Waals surface area contributed by atoms with Gasteiger partial charge in [-0.15, -0.1) is 0 Å². The largest absolute Gasteiger partial charge is 0.276 e. The lowest BCUT2D eigenvalue weighted by Crippen LogP contribution is -1.99. The number of fused-ring (bicyclic) bond motifs is 1. The first kappa shape index (κ1) is 14.7. The Kier molecular flexibility index (Phi) is 3.95. The van der Waals surface area contributed by atoms with Gasteiger partial charge in [0.15, 0.2) is 0 Å². The lowest BCUT2D eigenvalue weighted by molar-refractivity contribution is 0.108. The van der Waals surface area contributed by atoms with Crippen LogP contribution in [0.15, 0.2) is 48.5 Å². The monoisotopic (exact) mass is 309 g/mol. The van der Waals surface area contributed by atoms with E-state index in [0.717, 1.165) is 39.7 Å². The van der Waals surface area contributed by atoms with E-state index in [1.807, 2.05) is 49.4 Å². The molecule has 110 valence electrons. The van der Waals surface area contributed by atoms with E-state index in [4.69, 9.17) is 16.6 Å². The quantitative estimate of drug-likeness (QED) is 0.626. The second-order valence-corrected chi connectivity index (χ2v) is 5.65. The van der Waals surface area contributed by atoms with E-state index in [9.17, 15) is 4.79 Å². The third-order valence-electron chi connectivity index (χ3n) is 3.94. The number of pyridine rings is 1. The van der Waals surface area contributed by atoms with Gasteiger partial charge in [-0.05, 0) is 42.1 Å². The highest BCUT2D eigenvalue weighted by molar-refractivity contribution is 6.68. The van der Waals surface area contributed by atoms with Crippen molar-refractivity contribution in [2.24, 2.45) is 0 Å². The summed E-state index contributed by atoms with van der Waals surface area (Å²) in [7, 11) is 0. The highest BCUT2D eigenvalue weighted by Gasteiger charge is 2.14. The summed E-state index contributed by atoms with van der Waals surface area (Å²) >= 11 is 5.81. The molecule has 3 aromatic rings. The average Bonchev–Trinajstić information content (AvgIpc) is 2.53. The zero-order valence-electron chi connectivity index (χ0n) is 12.6. The molecule has 0 radical (unpaired) electrons. The van der Waals surface area contributed by atoms with Crippen molar-refractivity contribution < 1.29 is 4.79 Å². The number of hydrogen-bond acceptors (Lipinski definition) is 2. The van der Waals surface area contributed by atoms with Crippen molar-refractivity contribution in [2.45, 2.75) is 20.3 Å². The van der Waals surface area contributed by atoms with Gasteiger partial charge in [0, 0.05) is 16.5 Å². The third-order valence-corrected chi connectivity index (χ3v) is 4.14. The molecule has 0 saturated carbocycles.